The maximum atomic E-state index is 13.6. The molecule has 0 saturated heterocycles. The van der Waals surface area contributed by atoms with Gasteiger partial charge >= 0.3 is 0 Å². The van der Waals surface area contributed by atoms with Crippen molar-refractivity contribution in [3.8, 4) is 0 Å². The number of alkyl halides is 2. The van der Waals surface area contributed by atoms with Crippen LogP contribution in [-0.4, -0.2) is 34.5 Å². The number of anilines is 1. The topological polar surface area (TPSA) is 82.5 Å². The molecule has 1 saturated carbocycles. The minimum absolute atomic E-state index is 0.117. The van der Waals surface area contributed by atoms with Crippen molar-refractivity contribution in [2.45, 2.75) is 50.7 Å². The number of carbonyl (C=O) groups excluding carboxylic acids is 2. The van der Waals surface area contributed by atoms with Crippen molar-refractivity contribution < 1.29 is 23.5 Å². The van der Waals surface area contributed by atoms with Crippen LogP contribution in [0.5, 0.6) is 0 Å². The number of hydrogen-bond donors (Lipinski definition) is 2. The van der Waals surface area contributed by atoms with Gasteiger partial charge in [0.05, 0.1) is 16.3 Å². The molecule has 3 heterocycles. The molecular formula is C27H26ClF2N3O3S. The third-order valence-electron chi connectivity index (χ3n) is 7.25. The Hall–Kier alpha value is -2.88. The molecular weight excluding hydrogens is 520 g/mol. The predicted octanol–water partition coefficient (Wildman–Crippen LogP) is 5.61. The van der Waals surface area contributed by atoms with Gasteiger partial charge in [0, 0.05) is 34.8 Å². The van der Waals surface area contributed by atoms with E-state index in [1.165, 1.54) is 17.4 Å². The van der Waals surface area contributed by atoms with Crippen LogP contribution in [0.15, 0.2) is 48.0 Å². The predicted molar refractivity (Wildman–Crippen MR) is 138 cm³/mol. The molecule has 2 amide bonds. The van der Waals surface area contributed by atoms with Crippen molar-refractivity contribution in [3.05, 3.63) is 80.3 Å². The number of pyridine rings is 1. The van der Waals surface area contributed by atoms with Crippen LogP contribution in [0.3, 0.4) is 0 Å². The molecule has 1 aliphatic heterocycles. The number of benzene rings is 1. The summed E-state index contributed by atoms with van der Waals surface area (Å²) < 4.78 is 26.6. The molecule has 5 rings (SSSR count). The van der Waals surface area contributed by atoms with Crippen LogP contribution in [-0.2, 0) is 10.4 Å². The van der Waals surface area contributed by atoms with E-state index in [1.807, 2.05) is 36.6 Å². The second-order valence-corrected chi connectivity index (χ2v) is 11.2. The van der Waals surface area contributed by atoms with Crippen LogP contribution in [0, 0.1) is 12.8 Å². The Morgan fingerprint density at radius 3 is 2.68 bits per heavy atom. The van der Waals surface area contributed by atoms with Gasteiger partial charge in [-0.25, -0.2) is 8.78 Å². The van der Waals surface area contributed by atoms with E-state index in [1.54, 1.807) is 11.0 Å². The molecule has 2 N–H and O–H groups in total. The molecule has 10 heteroatoms. The largest absolute Gasteiger partial charge is 0.372 e. The Kier molecular flexibility index (Phi) is 7.04. The first-order valence-electron chi connectivity index (χ1n) is 12.1. The summed E-state index contributed by atoms with van der Waals surface area (Å²) in [6.45, 7) is 2.39. The minimum atomic E-state index is -2.88. The minimum Gasteiger partial charge on any atom is -0.372 e. The summed E-state index contributed by atoms with van der Waals surface area (Å²) in [6.07, 6.45) is 0.984. The van der Waals surface area contributed by atoms with Crippen molar-refractivity contribution in [2.24, 2.45) is 5.92 Å². The number of aryl methyl sites for hydroxylation is 1. The highest BCUT2D eigenvalue weighted by Gasteiger charge is 2.51. The van der Waals surface area contributed by atoms with Crippen LogP contribution >= 0.6 is 22.9 Å². The second-order valence-electron chi connectivity index (χ2n) is 9.67. The molecule has 1 atom stereocenters. The normalized spacial score (nSPS) is 23.4. The molecule has 1 unspecified atom stereocenters. The molecule has 194 valence electrons. The number of aliphatic hydroxyl groups is 1. The summed E-state index contributed by atoms with van der Waals surface area (Å²) in [5, 5.41) is 16.4. The van der Waals surface area contributed by atoms with E-state index in [0.717, 1.165) is 23.9 Å². The van der Waals surface area contributed by atoms with Gasteiger partial charge < -0.3 is 15.3 Å². The lowest BCUT2D eigenvalue weighted by atomic mass is 9.85. The summed E-state index contributed by atoms with van der Waals surface area (Å²) in [6, 6.07) is 10.2. The van der Waals surface area contributed by atoms with Crippen molar-refractivity contribution in [1.29, 1.82) is 0 Å². The lowest BCUT2D eigenvalue weighted by Gasteiger charge is -2.32. The number of fused-ring (bicyclic) bond motifs is 1. The van der Waals surface area contributed by atoms with Gasteiger partial charge in [0.2, 0.25) is 0 Å². The Morgan fingerprint density at radius 2 is 2.00 bits per heavy atom. The van der Waals surface area contributed by atoms with Gasteiger partial charge in [-0.15, -0.1) is 11.3 Å². The second kappa shape index (κ2) is 10.1. The number of aromatic nitrogens is 1. The third-order valence-corrected chi connectivity index (χ3v) is 8.31. The molecule has 0 radical (unpaired) electrons. The van der Waals surface area contributed by atoms with Gasteiger partial charge in [0.25, 0.3) is 18.2 Å². The summed E-state index contributed by atoms with van der Waals surface area (Å²) in [7, 11) is 0. The fraction of sp³-hybridized carbons (Fsp3) is 0.370. The van der Waals surface area contributed by atoms with Gasteiger partial charge in [-0.05, 0) is 62.1 Å². The third kappa shape index (κ3) is 4.76. The van der Waals surface area contributed by atoms with Gasteiger partial charge in [0.15, 0.2) is 5.60 Å². The SMILES string of the molecule is Cc1cc(C2(O)C(=O)N(CC3CCC(NC(=O)c4cc(Cl)cnc4C(F)F)CC3)c3ccccc32)cs1. The molecule has 2 aliphatic rings. The molecule has 1 aromatic carbocycles. The van der Waals surface area contributed by atoms with E-state index in [9.17, 15) is 23.5 Å². The molecule has 3 aromatic rings. The first kappa shape index (κ1) is 25.8. The molecule has 1 fully saturated rings. The number of rotatable bonds is 6. The monoisotopic (exact) mass is 545 g/mol. The van der Waals surface area contributed by atoms with E-state index in [2.05, 4.69) is 10.3 Å². The Labute approximate surface area is 222 Å². The molecule has 6 nitrogen and oxygen atoms in total. The summed E-state index contributed by atoms with van der Waals surface area (Å²) in [5.74, 6) is -0.801. The fourth-order valence-corrected chi connectivity index (χ4v) is 6.25. The zero-order valence-corrected chi connectivity index (χ0v) is 21.7. The number of nitrogens with zero attached hydrogens (tertiary/aromatic N) is 2. The van der Waals surface area contributed by atoms with Gasteiger partial charge in [-0.2, -0.15) is 0 Å². The van der Waals surface area contributed by atoms with Gasteiger partial charge in [-0.3, -0.25) is 14.6 Å². The highest BCUT2D eigenvalue weighted by Crippen LogP contribution is 2.46. The first-order chi connectivity index (χ1) is 17.7. The van der Waals surface area contributed by atoms with Crippen molar-refractivity contribution in [2.75, 3.05) is 11.4 Å². The zero-order chi connectivity index (χ0) is 26.3. The Balaban J connectivity index is 1.26. The lowest BCUT2D eigenvalue weighted by molar-refractivity contribution is -0.132. The van der Waals surface area contributed by atoms with Gasteiger partial charge in [-0.1, -0.05) is 29.8 Å². The Bertz CT molecular complexity index is 1340. The number of amides is 2. The zero-order valence-electron chi connectivity index (χ0n) is 20.1. The highest BCUT2D eigenvalue weighted by molar-refractivity contribution is 7.10. The number of halogens is 3. The first-order valence-corrected chi connectivity index (χ1v) is 13.4. The standard InChI is InChI=1S/C27H26ClF2N3O3S/c1-15-10-17(14-37-15)27(36)21-4-2-3-5-22(21)33(26(27)35)13-16-6-8-19(9-7-16)32-25(34)20-11-18(28)12-31-23(20)24(29)30/h2-5,10-12,14,16,19,24,36H,6-9,13H2,1H3,(H,32,34). The highest BCUT2D eigenvalue weighted by atomic mass is 35.5. The van der Waals surface area contributed by atoms with Crippen LogP contribution < -0.4 is 10.2 Å². The molecule has 0 bridgehead atoms. The van der Waals surface area contributed by atoms with Crippen molar-refractivity contribution in [3.63, 3.8) is 0 Å². The van der Waals surface area contributed by atoms with Gasteiger partial charge in [0.1, 0.15) is 5.69 Å². The van der Waals surface area contributed by atoms with Crippen molar-refractivity contribution >= 4 is 40.4 Å². The number of carbonyl (C=O) groups is 2. The summed E-state index contributed by atoms with van der Waals surface area (Å²) >= 11 is 7.37. The van der Waals surface area contributed by atoms with Crippen LogP contribution in [0.4, 0.5) is 14.5 Å². The van der Waals surface area contributed by atoms with Crippen LogP contribution in [0.25, 0.3) is 0 Å². The number of hydrogen-bond acceptors (Lipinski definition) is 5. The average Bonchev–Trinajstić information content (AvgIpc) is 3.41. The van der Waals surface area contributed by atoms with E-state index >= 15 is 0 Å². The number of para-hydroxylation sites is 1. The lowest BCUT2D eigenvalue weighted by Crippen LogP contribution is -2.44. The van der Waals surface area contributed by atoms with Crippen molar-refractivity contribution in [1.82, 2.24) is 10.3 Å². The Morgan fingerprint density at radius 1 is 1.27 bits per heavy atom. The number of thiophene rings is 1. The number of nitrogens with one attached hydrogen (secondary N) is 1. The fourth-order valence-electron chi connectivity index (χ4n) is 5.34. The van der Waals surface area contributed by atoms with E-state index in [-0.39, 0.29) is 28.5 Å². The molecule has 1 aliphatic carbocycles. The quantitative estimate of drug-likeness (QED) is 0.421. The average molecular weight is 546 g/mol. The summed E-state index contributed by atoms with van der Waals surface area (Å²) in [4.78, 5) is 32.6. The maximum absolute atomic E-state index is 13.6. The van der Waals surface area contributed by atoms with Crippen LogP contribution in [0.1, 0.15) is 64.2 Å². The van der Waals surface area contributed by atoms with E-state index < -0.39 is 23.6 Å². The molecule has 2 aromatic heterocycles. The molecule has 37 heavy (non-hydrogen) atoms. The molecule has 0 spiro atoms. The van der Waals surface area contributed by atoms with E-state index in [0.29, 0.717) is 36.2 Å². The maximum Gasteiger partial charge on any atom is 0.281 e. The smallest absolute Gasteiger partial charge is 0.281 e. The summed E-state index contributed by atoms with van der Waals surface area (Å²) in [5.41, 5.74) is -0.632. The van der Waals surface area contributed by atoms with E-state index in [4.69, 9.17) is 11.6 Å². The van der Waals surface area contributed by atoms with Crippen LogP contribution in [0.2, 0.25) is 5.02 Å².